The molecule has 80 heavy (non-hydrogen) atoms. The average molecular weight is 1120 g/mol. The van der Waals surface area contributed by atoms with Crippen LogP contribution in [-0.2, 0) is 19.2 Å². The number of thiazole rings is 2. The maximum atomic E-state index is 15.0. The van der Waals surface area contributed by atoms with Gasteiger partial charge in [0.2, 0.25) is 23.6 Å². The van der Waals surface area contributed by atoms with Gasteiger partial charge in [-0.2, -0.15) is 0 Å². The fourth-order valence-electron chi connectivity index (χ4n) is 12.1. The average Bonchev–Trinajstić information content (AvgIpc) is 4.54. The number of carbonyl (C=O) groups excluding carboxylic acids is 6. The molecule has 2 aliphatic heterocycles. The third-order valence-electron chi connectivity index (χ3n) is 17.0. The molecule has 0 spiro atoms. The molecular formula is C62H74N10O6S2. The standard InChI is InChI=1S/C62H74N10O6S2/c1-37(63-3)55(73)69-53(41-21-13-7-14-22-41)61(77)71-33-47(31-51(71)59-67-49(35-79-59)39-17-9-5-10-18-39)65-57(75)45-27-25-44-30-46(28-26-43(44)29-45)58(76)66-48-32-52(60-68-50(36-80-60)40-19-11-6-12-20-40)72(34-48)62(78)54(42-23-15-8-16-24-42)70-56(74)38(2)64-4/h5-6,9-12,17-20,25-30,35-38,41-42,47-48,51-54,63-64H,7-8,13-16,21-24,31-34H2,1-4H3,(H,65,75)(H,66,76)(H,69,73)(H,70,74)/t37-,38-,47-,48-,51-,52-,53-,54-/m0/s1. The van der Waals surface area contributed by atoms with E-state index in [0.29, 0.717) is 24.0 Å². The molecule has 4 aliphatic rings. The van der Waals surface area contributed by atoms with Crippen molar-refractivity contribution in [2.45, 2.75) is 139 Å². The van der Waals surface area contributed by atoms with E-state index < -0.39 is 48.3 Å². The van der Waals surface area contributed by atoms with Gasteiger partial charge >= 0.3 is 0 Å². The largest absolute Gasteiger partial charge is 0.347 e. The minimum absolute atomic E-state index is 0.00359. The zero-order valence-corrected chi connectivity index (χ0v) is 47.8. The van der Waals surface area contributed by atoms with E-state index in [4.69, 9.17) is 9.97 Å². The number of nitrogens with zero attached hydrogens (tertiary/aromatic N) is 4. The van der Waals surface area contributed by atoms with Crippen LogP contribution in [0.15, 0.2) is 108 Å². The number of carbonyl (C=O) groups is 6. The van der Waals surface area contributed by atoms with Gasteiger partial charge in [0.1, 0.15) is 22.1 Å². The molecule has 6 N–H and O–H groups in total. The summed E-state index contributed by atoms with van der Waals surface area (Å²) >= 11 is 2.99. The van der Waals surface area contributed by atoms with E-state index in [0.717, 1.165) is 108 Å². The number of hydrogen-bond acceptors (Lipinski definition) is 12. The summed E-state index contributed by atoms with van der Waals surface area (Å²) in [6.45, 7) is 4.07. The van der Waals surface area contributed by atoms with Crippen LogP contribution in [0.5, 0.6) is 0 Å². The van der Waals surface area contributed by atoms with E-state index >= 15 is 0 Å². The minimum atomic E-state index is -0.709. The van der Waals surface area contributed by atoms with Crippen LogP contribution in [0.2, 0.25) is 0 Å². The highest BCUT2D eigenvalue weighted by Crippen LogP contribution is 2.40. The van der Waals surface area contributed by atoms with Crippen molar-refractivity contribution in [2.24, 2.45) is 11.8 Å². The number of hydrogen-bond donors (Lipinski definition) is 6. The quantitative estimate of drug-likeness (QED) is 0.0483. The predicted molar refractivity (Wildman–Crippen MR) is 314 cm³/mol. The van der Waals surface area contributed by atoms with Gasteiger partial charge in [-0.1, -0.05) is 111 Å². The maximum absolute atomic E-state index is 15.0. The molecule has 0 bridgehead atoms. The lowest BCUT2D eigenvalue weighted by Gasteiger charge is -2.35. The van der Waals surface area contributed by atoms with Gasteiger partial charge in [0.15, 0.2) is 0 Å². The molecule has 2 saturated carbocycles. The van der Waals surface area contributed by atoms with Crippen molar-refractivity contribution >= 4 is 68.9 Å². The van der Waals surface area contributed by atoms with Gasteiger partial charge in [-0.25, -0.2) is 9.97 Å². The Kier molecular flexibility index (Phi) is 18.1. The molecule has 18 heteroatoms. The highest BCUT2D eigenvalue weighted by Gasteiger charge is 2.46. The molecule has 0 radical (unpaired) electrons. The second-order valence-electron chi connectivity index (χ2n) is 22.3. The van der Waals surface area contributed by atoms with E-state index in [9.17, 15) is 28.8 Å². The first-order valence-electron chi connectivity index (χ1n) is 28.6. The number of aromatic nitrogens is 2. The lowest BCUT2D eigenvalue weighted by atomic mass is 9.83. The maximum Gasteiger partial charge on any atom is 0.251 e. The molecule has 6 amide bonds. The summed E-state index contributed by atoms with van der Waals surface area (Å²) in [6, 6.07) is 26.6. The third-order valence-corrected chi connectivity index (χ3v) is 18.9. The molecule has 2 saturated heterocycles. The number of rotatable bonds is 18. The van der Waals surface area contributed by atoms with Gasteiger partial charge in [-0.3, -0.25) is 28.8 Å². The minimum Gasteiger partial charge on any atom is -0.347 e. The van der Waals surface area contributed by atoms with Crippen LogP contribution in [0.4, 0.5) is 0 Å². The van der Waals surface area contributed by atoms with Crippen molar-refractivity contribution < 1.29 is 28.8 Å². The van der Waals surface area contributed by atoms with Gasteiger partial charge in [0.05, 0.1) is 35.6 Å². The van der Waals surface area contributed by atoms with Crippen LogP contribution in [0.25, 0.3) is 33.3 Å². The summed E-state index contributed by atoms with van der Waals surface area (Å²) in [7, 11) is 3.46. The molecule has 16 nitrogen and oxygen atoms in total. The van der Waals surface area contributed by atoms with Crippen molar-refractivity contribution in [3.05, 3.63) is 129 Å². The van der Waals surface area contributed by atoms with E-state index in [1.807, 2.05) is 105 Å². The first-order valence-corrected chi connectivity index (χ1v) is 30.3. The summed E-state index contributed by atoms with van der Waals surface area (Å²) in [5.74, 6) is -1.35. The first kappa shape index (κ1) is 56.4. The smallest absolute Gasteiger partial charge is 0.251 e. The van der Waals surface area contributed by atoms with Gasteiger partial charge in [-0.15, -0.1) is 22.7 Å². The van der Waals surface area contributed by atoms with Crippen molar-refractivity contribution in [3.8, 4) is 22.5 Å². The molecule has 2 aromatic heterocycles. The number of fused-ring (bicyclic) bond motifs is 1. The highest BCUT2D eigenvalue weighted by molar-refractivity contribution is 7.10. The molecule has 4 fully saturated rings. The van der Waals surface area contributed by atoms with Crippen molar-refractivity contribution in [1.29, 1.82) is 0 Å². The van der Waals surface area contributed by atoms with Crippen molar-refractivity contribution in [2.75, 3.05) is 27.2 Å². The molecule has 8 atom stereocenters. The Bertz CT molecular complexity index is 2950. The fraction of sp³-hybridized carbons (Fsp3) is 0.452. The molecule has 2 aliphatic carbocycles. The Morgan fingerprint density at radius 1 is 0.525 bits per heavy atom. The van der Waals surface area contributed by atoms with Gasteiger partial charge in [0.25, 0.3) is 11.8 Å². The van der Waals surface area contributed by atoms with Gasteiger partial charge in [-0.05, 0) is 113 Å². The Morgan fingerprint density at radius 2 is 0.912 bits per heavy atom. The summed E-state index contributed by atoms with van der Waals surface area (Å²) in [4.78, 5) is 99.0. The molecule has 10 rings (SSSR count). The van der Waals surface area contributed by atoms with Crippen LogP contribution in [0.1, 0.15) is 134 Å². The Hall–Kier alpha value is -6.86. The SMILES string of the molecule is CN[C@@H](C)C(=O)N[C@H](C(=O)N1C[C@@H](NC(=O)c2ccc3cc(C(=O)N[C@H]4C[C@@H](c5nc(-c6ccccc6)cs5)N(C(=O)[C@@H](NC(=O)[C@H](C)NC)C5CCCCC5)C4)ccc3c2)C[C@H]1c1nc(-c2ccccc2)cs1)C1CCCCC1. The van der Waals surface area contributed by atoms with Gasteiger partial charge in [0, 0.05) is 58.2 Å². The fourth-order valence-corrected chi connectivity index (χ4v) is 14.0. The lowest BCUT2D eigenvalue weighted by molar-refractivity contribution is -0.139. The first-order chi connectivity index (χ1) is 38.8. The molecule has 0 unspecified atom stereocenters. The second kappa shape index (κ2) is 25.7. The topological polar surface area (TPSA) is 207 Å². The van der Waals surface area contributed by atoms with Crippen LogP contribution in [0, 0.1) is 11.8 Å². The van der Waals surface area contributed by atoms with Crippen LogP contribution >= 0.6 is 22.7 Å². The van der Waals surface area contributed by atoms with Crippen LogP contribution in [-0.4, -0.2) is 119 Å². The van der Waals surface area contributed by atoms with Crippen LogP contribution in [0.3, 0.4) is 0 Å². The molecule has 6 aromatic rings. The summed E-state index contributed by atoms with van der Waals surface area (Å²) in [5.41, 5.74) is 4.46. The van der Waals surface area contributed by atoms with E-state index in [1.165, 1.54) is 22.7 Å². The summed E-state index contributed by atoms with van der Waals surface area (Å²) < 4.78 is 0. The lowest BCUT2D eigenvalue weighted by Crippen LogP contribution is -2.56. The number of likely N-dealkylation sites (tertiary alicyclic amines) is 2. The monoisotopic (exact) mass is 1120 g/mol. The molecule has 4 heterocycles. The molecule has 420 valence electrons. The zero-order chi connectivity index (χ0) is 55.9. The molecular weight excluding hydrogens is 1040 g/mol. The van der Waals surface area contributed by atoms with Crippen LogP contribution < -0.4 is 31.9 Å². The zero-order valence-electron chi connectivity index (χ0n) is 46.1. The Morgan fingerprint density at radius 3 is 1.29 bits per heavy atom. The summed E-state index contributed by atoms with van der Waals surface area (Å²) in [6.07, 6.45) is 10.5. The number of nitrogens with one attached hydrogen (secondary N) is 6. The van der Waals surface area contributed by atoms with E-state index in [2.05, 4.69) is 31.9 Å². The number of likely N-dealkylation sites (N-methyl/N-ethyl adjacent to an activating group) is 2. The Labute approximate surface area is 476 Å². The molecule has 4 aromatic carbocycles. The van der Waals surface area contributed by atoms with Crippen molar-refractivity contribution in [3.63, 3.8) is 0 Å². The van der Waals surface area contributed by atoms with E-state index in [1.54, 1.807) is 40.1 Å². The number of benzene rings is 4. The number of amides is 6. The summed E-state index contributed by atoms with van der Waals surface area (Å²) in [5, 5.41) is 25.9. The second-order valence-corrected chi connectivity index (χ2v) is 24.0. The van der Waals surface area contributed by atoms with Gasteiger partial charge < -0.3 is 41.7 Å². The normalized spacial score (nSPS) is 21.4. The Balaban J connectivity index is 0.850. The highest BCUT2D eigenvalue weighted by atomic mass is 32.1. The van der Waals surface area contributed by atoms with E-state index in [-0.39, 0.29) is 60.4 Å². The predicted octanol–water partition coefficient (Wildman–Crippen LogP) is 8.58. The van der Waals surface area contributed by atoms with Crippen molar-refractivity contribution in [1.82, 2.24) is 51.7 Å². The third kappa shape index (κ3) is 12.8.